The highest BCUT2D eigenvalue weighted by Gasteiger charge is 1.96. The molecule has 0 unspecified atom stereocenters. The Bertz CT molecular complexity index is 425. The molecule has 0 saturated heterocycles. The molecule has 116 valence electrons. The van der Waals surface area contributed by atoms with E-state index in [1.165, 1.54) is 56.7 Å². The maximum Gasteiger partial charge on any atom is 0.243 e. The zero-order chi connectivity index (χ0) is 15.3. The van der Waals surface area contributed by atoms with Crippen LogP contribution in [0.25, 0.3) is 6.08 Å². The van der Waals surface area contributed by atoms with Crippen LogP contribution >= 0.6 is 0 Å². The molecule has 2 nitrogen and oxygen atoms in total. The van der Waals surface area contributed by atoms with Crippen LogP contribution in [-0.2, 0) is 4.79 Å². The lowest BCUT2D eigenvalue weighted by molar-refractivity contribution is -0.116. The summed E-state index contributed by atoms with van der Waals surface area (Å²) in [5.74, 6) is -0.360. The molecule has 0 heterocycles. The molecule has 0 radical (unpaired) electrons. The molecule has 0 aliphatic rings. The quantitative estimate of drug-likeness (QED) is 0.491. The number of carbonyl (C=O) groups excluding carboxylic acids is 1. The number of carbonyl (C=O) groups is 1. The zero-order valence-corrected chi connectivity index (χ0v) is 12.9. The van der Waals surface area contributed by atoms with E-state index >= 15 is 0 Å². The van der Waals surface area contributed by atoms with Gasteiger partial charge in [-0.2, -0.15) is 0 Å². The van der Waals surface area contributed by atoms with Crippen LogP contribution in [0.4, 0.5) is 4.39 Å². The minimum atomic E-state index is -0.268. The third kappa shape index (κ3) is 9.01. The average Bonchev–Trinajstić information content (AvgIpc) is 2.49. The molecule has 0 aromatic heterocycles. The molecule has 0 spiro atoms. The molecular formula is C18H26FNO. The number of nitrogens with one attached hydrogen (secondary N) is 1. The molecule has 0 aliphatic carbocycles. The van der Waals surface area contributed by atoms with Crippen LogP contribution in [0.5, 0.6) is 0 Å². The molecule has 0 aliphatic heterocycles. The molecule has 0 atom stereocenters. The third-order valence-corrected chi connectivity index (χ3v) is 3.38. The normalized spacial score (nSPS) is 11.0. The molecule has 21 heavy (non-hydrogen) atoms. The Morgan fingerprint density at radius 2 is 1.67 bits per heavy atom. The fourth-order valence-electron chi connectivity index (χ4n) is 2.10. The number of hydrogen-bond acceptors (Lipinski definition) is 1. The van der Waals surface area contributed by atoms with Crippen molar-refractivity contribution in [3.63, 3.8) is 0 Å². The fourth-order valence-corrected chi connectivity index (χ4v) is 2.10. The van der Waals surface area contributed by atoms with Gasteiger partial charge in [-0.15, -0.1) is 0 Å². The van der Waals surface area contributed by atoms with E-state index in [9.17, 15) is 9.18 Å². The van der Waals surface area contributed by atoms with Crippen molar-refractivity contribution >= 4 is 12.0 Å². The third-order valence-electron chi connectivity index (χ3n) is 3.38. The second kappa shape index (κ2) is 11.1. The van der Waals surface area contributed by atoms with E-state index in [1.54, 1.807) is 18.2 Å². The summed E-state index contributed by atoms with van der Waals surface area (Å²) in [5.41, 5.74) is 0.822. The molecule has 3 heteroatoms. The van der Waals surface area contributed by atoms with Crippen molar-refractivity contribution in [1.29, 1.82) is 0 Å². The van der Waals surface area contributed by atoms with E-state index in [0.717, 1.165) is 18.5 Å². The van der Waals surface area contributed by atoms with Gasteiger partial charge in [0, 0.05) is 12.6 Å². The number of hydrogen-bond donors (Lipinski definition) is 1. The first-order chi connectivity index (χ1) is 10.2. The van der Waals surface area contributed by atoms with E-state index in [2.05, 4.69) is 12.2 Å². The van der Waals surface area contributed by atoms with Gasteiger partial charge in [-0.25, -0.2) is 4.39 Å². The first-order valence-electron chi connectivity index (χ1n) is 7.94. The number of amides is 1. The Kier molecular flexibility index (Phi) is 9.18. The van der Waals surface area contributed by atoms with E-state index in [-0.39, 0.29) is 11.7 Å². The highest BCUT2D eigenvalue weighted by molar-refractivity contribution is 5.91. The van der Waals surface area contributed by atoms with Crippen LogP contribution in [0.2, 0.25) is 0 Å². The van der Waals surface area contributed by atoms with Crippen molar-refractivity contribution < 1.29 is 9.18 Å². The lowest BCUT2D eigenvalue weighted by Crippen LogP contribution is -2.21. The van der Waals surface area contributed by atoms with Crippen molar-refractivity contribution in [2.75, 3.05) is 6.54 Å². The highest BCUT2D eigenvalue weighted by atomic mass is 19.1. The minimum Gasteiger partial charge on any atom is -0.353 e. The van der Waals surface area contributed by atoms with E-state index in [1.807, 2.05) is 0 Å². The lowest BCUT2D eigenvalue weighted by Gasteiger charge is -2.02. The second-order valence-electron chi connectivity index (χ2n) is 5.30. The average molecular weight is 291 g/mol. The van der Waals surface area contributed by atoms with Crippen molar-refractivity contribution in [2.45, 2.75) is 51.9 Å². The van der Waals surface area contributed by atoms with Gasteiger partial charge in [0.25, 0.3) is 0 Å². The predicted molar refractivity (Wildman–Crippen MR) is 86.4 cm³/mol. The van der Waals surface area contributed by atoms with Gasteiger partial charge in [-0.05, 0) is 30.2 Å². The van der Waals surface area contributed by atoms with Crippen molar-refractivity contribution in [3.8, 4) is 0 Å². The predicted octanol–water partition coefficient (Wildman–Crippen LogP) is 4.71. The fraction of sp³-hybridized carbons (Fsp3) is 0.500. The first-order valence-corrected chi connectivity index (χ1v) is 7.94. The van der Waals surface area contributed by atoms with Crippen molar-refractivity contribution in [3.05, 3.63) is 41.7 Å². The molecule has 1 amide bonds. The zero-order valence-electron chi connectivity index (χ0n) is 12.9. The maximum atomic E-state index is 12.7. The number of halogens is 1. The van der Waals surface area contributed by atoms with Gasteiger partial charge in [-0.3, -0.25) is 4.79 Å². The van der Waals surface area contributed by atoms with Crippen LogP contribution in [0, 0.1) is 5.82 Å². The van der Waals surface area contributed by atoms with Gasteiger partial charge in [0.1, 0.15) is 5.82 Å². The number of rotatable bonds is 10. The lowest BCUT2D eigenvalue weighted by atomic mass is 10.1. The number of unbranched alkanes of at least 4 members (excludes halogenated alkanes) is 6. The Labute approximate surface area is 127 Å². The summed E-state index contributed by atoms with van der Waals surface area (Å²) in [6, 6.07) is 6.07. The summed E-state index contributed by atoms with van der Waals surface area (Å²) < 4.78 is 12.7. The summed E-state index contributed by atoms with van der Waals surface area (Å²) in [4.78, 5) is 11.6. The Hall–Kier alpha value is -1.64. The van der Waals surface area contributed by atoms with Crippen LogP contribution in [0.15, 0.2) is 30.3 Å². The van der Waals surface area contributed by atoms with E-state index in [0.29, 0.717) is 0 Å². The second-order valence-corrected chi connectivity index (χ2v) is 5.30. The molecule has 0 fully saturated rings. The molecule has 0 saturated carbocycles. The van der Waals surface area contributed by atoms with Gasteiger partial charge >= 0.3 is 0 Å². The molecular weight excluding hydrogens is 265 g/mol. The summed E-state index contributed by atoms with van der Waals surface area (Å²) in [7, 11) is 0. The molecule has 1 aromatic carbocycles. The smallest absolute Gasteiger partial charge is 0.243 e. The topological polar surface area (TPSA) is 29.1 Å². The first kappa shape index (κ1) is 17.4. The number of benzene rings is 1. The molecule has 0 bridgehead atoms. The molecule has 1 rings (SSSR count). The van der Waals surface area contributed by atoms with Gasteiger partial charge in [0.2, 0.25) is 5.91 Å². The summed E-state index contributed by atoms with van der Waals surface area (Å²) in [5, 5.41) is 2.87. The summed E-state index contributed by atoms with van der Waals surface area (Å²) in [6.45, 7) is 2.94. The van der Waals surface area contributed by atoms with Crippen LogP contribution < -0.4 is 5.32 Å². The van der Waals surface area contributed by atoms with E-state index in [4.69, 9.17) is 0 Å². The molecule has 1 N–H and O–H groups in total. The highest BCUT2D eigenvalue weighted by Crippen LogP contribution is 2.06. The summed E-state index contributed by atoms with van der Waals surface area (Å²) >= 11 is 0. The largest absolute Gasteiger partial charge is 0.353 e. The SMILES string of the molecule is CCCCCCCCCNC(=O)C=Cc1ccc(F)cc1. The Morgan fingerprint density at radius 3 is 2.33 bits per heavy atom. The summed E-state index contributed by atoms with van der Waals surface area (Å²) in [6.07, 6.45) is 11.9. The van der Waals surface area contributed by atoms with Gasteiger partial charge in [-0.1, -0.05) is 57.6 Å². The minimum absolute atomic E-state index is 0.0923. The Balaban J connectivity index is 2.07. The standard InChI is InChI=1S/C18H26FNO/c1-2-3-4-5-6-7-8-15-20-18(21)14-11-16-9-12-17(19)13-10-16/h9-14H,2-8,15H2,1H3,(H,20,21). The van der Waals surface area contributed by atoms with Gasteiger partial charge < -0.3 is 5.32 Å². The van der Waals surface area contributed by atoms with Crippen LogP contribution in [-0.4, -0.2) is 12.5 Å². The van der Waals surface area contributed by atoms with Gasteiger partial charge in [0.15, 0.2) is 0 Å². The van der Waals surface area contributed by atoms with Crippen molar-refractivity contribution in [1.82, 2.24) is 5.32 Å². The van der Waals surface area contributed by atoms with Crippen LogP contribution in [0.1, 0.15) is 57.4 Å². The molecule has 1 aromatic rings. The monoisotopic (exact) mass is 291 g/mol. The van der Waals surface area contributed by atoms with Crippen LogP contribution in [0.3, 0.4) is 0 Å². The van der Waals surface area contributed by atoms with Gasteiger partial charge in [0.05, 0.1) is 0 Å². The maximum absolute atomic E-state index is 12.7. The van der Waals surface area contributed by atoms with E-state index < -0.39 is 0 Å². The van der Waals surface area contributed by atoms with Crippen molar-refractivity contribution in [2.24, 2.45) is 0 Å². The Morgan fingerprint density at radius 1 is 1.05 bits per heavy atom.